The third kappa shape index (κ3) is 2.94. The van der Waals surface area contributed by atoms with Gasteiger partial charge in [-0.1, -0.05) is 0 Å². The molecule has 3 aromatic rings. The summed E-state index contributed by atoms with van der Waals surface area (Å²) in [7, 11) is 1.81. The van der Waals surface area contributed by atoms with Crippen molar-refractivity contribution in [1.82, 2.24) is 14.8 Å². The van der Waals surface area contributed by atoms with E-state index in [4.69, 9.17) is 0 Å². The Balaban J connectivity index is 1.64. The molecule has 0 aliphatic heterocycles. The molecule has 102 valence electrons. The SMILES string of the molecule is Cn1ccc(NC(=O)Cc2csc(-c3ccsc3)n2)n1. The van der Waals surface area contributed by atoms with E-state index in [1.165, 1.54) is 0 Å². The third-order valence-corrected chi connectivity index (χ3v) is 4.27. The van der Waals surface area contributed by atoms with Gasteiger partial charge < -0.3 is 5.32 Å². The number of carbonyl (C=O) groups excluding carboxylic acids is 1. The molecule has 0 aliphatic carbocycles. The van der Waals surface area contributed by atoms with E-state index in [0.29, 0.717) is 5.82 Å². The number of thiazole rings is 1. The second-order valence-corrected chi connectivity index (χ2v) is 5.89. The highest BCUT2D eigenvalue weighted by Gasteiger charge is 2.10. The minimum absolute atomic E-state index is 0.106. The van der Waals surface area contributed by atoms with Crippen molar-refractivity contribution in [3.05, 3.63) is 40.2 Å². The van der Waals surface area contributed by atoms with Gasteiger partial charge in [0.1, 0.15) is 5.01 Å². The van der Waals surface area contributed by atoms with Gasteiger partial charge in [0.2, 0.25) is 5.91 Å². The number of aromatic nitrogens is 3. The molecule has 7 heteroatoms. The van der Waals surface area contributed by atoms with E-state index >= 15 is 0 Å². The van der Waals surface area contributed by atoms with Crippen molar-refractivity contribution in [3.8, 4) is 10.6 Å². The minimum atomic E-state index is -0.106. The van der Waals surface area contributed by atoms with Crippen LogP contribution in [0.25, 0.3) is 10.6 Å². The molecule has 1 N–H and O–H groups in total. The zero-order chi connectivity index (χ0) is 13.9. The molecule has 0 bridgehead atoms. The Morgan fingerprint density at radius 1 is 1.40 bits per heavy atom. The lowest BCUT2D eigenvalue weighted by molar-refractivity contribution is -0.115. The first-order chi connectivity index (χ1) is 9.70. The summed E-state index contributed by atoms with van der Waals surface area (Å²) >= 11 is 3.19. The number of carbonyl (C=O) groups is 1. The highest BCUT2D eigenvalue weighted by atomic mass is 32.1. The van der Waals surface area contributed by atoms with E-state index in [1.54, 1.807) is 39.6 Å². The topological polar surface area (TPSA) is 59.8 Å². The molecular weight excluding hydrogens is 292 g/mol. The highest BCUT2D eigenvalue weighted by molar-refractivity contribution is 7.14. The quantitative estimate of drug-likeness (QED) is 0.806. The fourth-order valence-corrected chi connectivity index (χ4v) is 3.27. The van der Waals surface area contributed by atoms with Crippen LogP contribution < -0.4 is 5.32 Å². The second kappa shape index (κ2) is 5.56. The summed E-state index contributed by atoms with van der Waals surface area (Å²) < 4.78 is 1.65. The number of aryl methyl sites for hydroxylation is 1. The number of hydrogen-bond donors (Lipinski definition) is 1. The maximum absolute atomic E-state index is 11.9. The second-order valence-electron chi connectivity index (χ2n) is 4.26. The number of nitrogens with zero attached hydrogens (tertiary/aromatic N) is 3. The van der Waals surface area contributed by atoms with E-state index in [2.05, 4.69) is 20.8 Å². The van der Waals surface area contributed by atoms with Crippen LogP contribution in [0.1, 0.15) is 5.69 Å². The third-order valence-electron chi connectivity index (χ3n) is 2.64. The monoisotopic (exact) mass is 304 g/mol. The predicted molar refractivity (Wildman–Crippen MR) is 81.0 cm³/mol. The molecule has 0 atom stereocenters. The van der Waals surface area contributed by atoms with Gasteiger partial charge in [-0.2, -0.15) is 16.4 Å². The molecule has 0 spiro atoms. The summed E-state index contributed by atoms with van der Waals surface area (Å²) in [6.07, 6.45) is 2.05. The van der Waals surface area contributed by atoms with Crippen LogP contribution >= 0.6 is 22.7 Å². The molecule has 5 nitrogen and oxygen atoms in total. The molecule has 3 heterocycles. The van der Waals surface area contributed by atoms with E-state index in [-0.39, 0.29) is 12.3 Å². The normalized spacial score (nSPS) is 10.7. The van der Waals surface area contributed by atoms with Crippen LogP contribution in [-0.4, -0.2) is 20.7 Å². The standard InChI is InChI=1S/C13H12N4OS2/c1-17-4-2-11(16-17)15-12(18)6-10-8-20-13(14-10)9-3-5-19-7-9/h2-5,7-8H,6H2,1H3,(H,15,16,18). The van der Waals surface area contributed by atoms with Gasteiger partial charge in [-0.3, -0.25) is 9.48 Å². The van der Waals surface area contributed by atoms with Gasteiger partial charge in [0.05, 0.1) is 12.1 Å². The largest absolute Gasteiger partial charge is 0.309 e. The van der Waals surface area contributed by atoms with Gasteiger partial charge in [0.25, 0.3) is 0 Å². The van der Waals surface area contributed by atoms with Crippen LogP contribution in [0.15, 0.2) is 34.5 Å². The predicted octanol–water partition coefficient (Wildman–Crippen LogP) is 2.79. The maximum Gasteiger partial charge on any atom is 0.231 e. The fourth-order valence-electron chi connectivity index (χ4n) is 1.74. The maximum atomic E-state index is 11.9. The molecule has 0 fully saturated rings. The van der Waals surface area contributed by atoms with Gasteiger partial charge in [-0.15, -0.1) is 11.3 Å². The fraction of sp³-hybridized carbons (Fsp3) is 0.154. The Bertz CT molecular complexity index is 714. The van der Waals surface area contributed by atoms with Crippen LogP contribution in [0.3, 0.4) is 0 Å². The molecule has 3 rings (SSSR count). The zero-order valence-electron chi connectivity index (χ0n) is 10.7. The van der Waals surface area contributed by atoms with Crippen molar-refractivity contribution in [3.63, 3.8) is 0 Å². The lowest BCUT2D eigenvalue weighted by atomic mass is 10.3. The van der Waals surface area contributed by atoms with E-state index in [0.717, 1.165) is 16.3 Å². The van der Waals surface area contributed by atoms with E-state index in [9.17, 15) is 4.79 Å². The average Bonchev–Trinajstić information content (AvgIpc) is 3.10. The van der Waals surface area contributed by atoms with E-state index < -0.39 is 0 Å². The molecule has 0 radical (unpaired) electrons. The molecule has 0 saturated carbocycles. The number of hydrogen-bond acceptors (Lipinski definition) is 5. The Morgan fingerprint density at radius 3 is 3.00 bits per heavy atom. The van der Waals surface area contributed by atoms with Crippen molar-refractivity contribution >= 4 is 34.4 Å². The molecule has 1 amide bonds. The minimum Gasteiger partial charge on any atom is -0.309 e. The number of nitrogens with one attached hydrogen (secondary N) is 1. The molecular formula is C13H12N4OS2. The van der Waals surface area contributed by atoms with Gasteiger partial charge in [0.15, 0.2) is 5.82 Å². The van der Waals surface area contributed by atoms with Gasteiger partial charge in [0, 0.05) is 35.6 Å². The first kappa shape index (κ1) is 13.0. The molecule has 0 saturated heterocycles. The smallest absolute Gasteiger partial charge is 0.231 e. The summed E-state index contributed by atoms with van der Waals surface area (Å²) in [5, 5.41) is 13.8. The summed E-state index contributed by atoms with van der Waals surface area (Å²) in [5.74, 6) is 0.455. The molecule has 0 aromatic carbocycles. The van der Waals surface area contributed by atoms with Crippen molar-refractivity contribution < 1.29 is 4.79 Å². The molecule has 20 heavy (non-hydrogen) atoms. The molecule has 0 unspecified atom stereocenters. The van der Waals surface area contributed by atoms with Crippen LogP contribution in [0.2, 0.25) is 0 Å². The Kier molecular flexibility index (Phi) is 3.62. The van der Waals surface area contributed by atoms with Gasteiger partial charge >= 0.3 is 0 Å². The number of thiophene rings is 1. The van der Waals surface area contributed by atoms with Gasteiger partial charge in [-0.05, 0) is 11.4 Å². The van der Waals surface area contributed by atoms with Crippen LogP contribution in [0.5, 0.6) is 0 Å². The van der Waals surface area contributed by atoms with Crippen molar-refractivity contribution in [2.75, 3.05) is 5.32 Å². The lowest BCUT2D eigenvalue weighted by Crippen LogP contribution is -2.15. The lowest BCUT2D eigenvalue weighted by Gasteiger charge is -1.99. The first-order valence-electron chi connectivity index (χ1n) is 5.97. The van der Waals surface area contributed by atoms with Crippen molar-refractivity contribution in [2.45, 2.75) is 6.42 Å². The first-order valence-corrected chi connectivity index (χ1v) is 7.79. The van der Waals surface area contributed by atoms with Gasteiger partial charge in [-0.25, -0.2) is 4.98 Å². The number of rotatable bonds is 4. The molecule has 0 aliphatic rings. The average molecular weight is 304 g/mol. The Morgan fingerprint density at radius 2 is 2.30 bits per heavy atom. The van der Waals surface area contributed by atoms with Crippen molar-refractivity contribution in [1.29, 1.82) is 0 Å². The van der Waals surface area contributed by atoms with E-state index in [1.807, 2.05) is 23.9 Å². The Labute approximate surface area is 123 Å². The van der Waals surface area contributed by atoms with Crippen molar-refractivity contribution in [2.24, 2.45) is 7.05 Å². The highest BCUT2D eigenvalue weighted by Crippen LogP contribution is 2.25. The number of anilines is 1. The summed E-state index contributed by atoms with van der Waals surface area (Å²) in [5.41, 5.74) is 1.89. The summed E-state index contributed by atoms with van der Waals surface area (Å²) in [6, 6.07) is 3.79. The van der Waals surface area contributed by atoms with Crippen LogP contribution in [-0.2, 0) is 18.3 Å². The zero-order valence-corrected chi connectivity index (χ0v) is 12.4. The summed E-state index contributed by atoms with van der Waals surface area (Å²) in [4.78, 5) is 16.4. The summed E-state index contributed by atoms with van der Waals surface area (Å²) in [6.45, 7) is 0. The number of amides is 1. The van der Waals surface area contributed by atoms with Crippen LogP contribution in [0, 0.1) is 0 Å². The van der Waals surface area contributed by atoms with Crippen LogP contribution in [0.4, 0.5) is 5.82 Å². The Hall–Kier alpha value is -1.99. The molecule has 3 aromatic heterocycles.